The lowest BCUT2D eigenvalue weighted by atomic mass is 10.1. The third-order valence-electron chi connectivity index (χ3n) is 4.10. The van der Waals surface area contributed by atoms with Gasteiger partial charge in [-0.3, -0.25) is 4.79 Å². The normalized spacial score (nSPS) is 10.9. The summed E-state index contributed by atoms with van der Waals surface area (Å²) in [6.45, 7) is 6.10. The molecule has 1 aromatic heterocycles. The maximum atomic E-state index is 12.3. The lowest BCUT2D eigenvalue weighted by molar-refractivity contribution is -0.111. The number of ether oxygens (including phenoxy) is 1. The van der Waals surface area contributed by atoms with Crippen LogP contribution in [0, 0.1) is 13.8 Å². The molecule has 0 aliphatic rings. The van der Waals surface area contributed by atoms with E-state index in [1.807, 2.05) is 64.0 Å². The molecule has 1 N–H and O–H groups in total. The minimum Gasteiger partial charge on any atom is -0.462 e. The number of esters is 1. The summed E-state index contributed by atoms with van der Waals surface area (Å²) in [6.07, 6.45) is 3.97. The average Bonchev–Trinajstić information content (AvgIpc) is 2.91. The van der Waals surface area contributed by atoms with Crippen LogP contribution in [0.25, 0.3) is 6.08 Å². The SMILES string of the molecule is CCCOC(=O)c1c(NC(=O)/C=C/c2ccc(N(C)C)cc2)sc(C)c1C. The monoisotopic (exact) mass is 386 g/mol. The van der Waals surface area contributed by atoms with Crippen LogP contribution in [-0.4, -0.2) is 32.6 Å². The molecule has 0 atom stereocenters. The summed E-state index contributed by atoms with van der Waals surface area (Å²) in [5, 5.41) is 3.34. The van der Waals surface area contributed by atoms with Crippen molar-refractivity contribution in [3.05, 3.63) is 51.9 Å². The van der Waals surface area contributed by atoms with Crippen molar-refractivity contribution < 1.29 is 14.3 Å². The summed E-state index contributed by atoms with van der Waals surface area (Å²) in [4.78, 5) is 27.6. The van der Waals surface area contributed by atoms with Gasteiger partial charge >= 0.3 is 5.97 Å². The van der Waals surface area contributed by atoms with Crippen LogP contribution in [-0.2, 0) is 9.53 Å². The van der Waals surface area contributed by atoms with Gasteiger partial charge < -0.3 is 15.0 Å². The van der Waals surface area contributed by atoms with Crippen LogP contribution in [0.15, 0.2) is 30.3 Å². The van der Waals surface area contributed by atoms with Crippen LogP contribution in [0.5, 0.6) is 0 Å². The van der Waals surface area contributed by atoms with Gasteiger partial charge in [0.2, 0.25) is 5.91 Å². The Kier molecular flexibility index (Phi) is 7.19. The molecule has 1 amide bonds. The third-order valence-corrected chi connectivity index (χ3v) is 5.22. The van der Waals surface area contributed by atoms with Gasteiger partial charge in [0.15, 0.2) is 0 Å². The van der Waals surface area contributed by atoms with Crippen molar-refractivity contribution in [1.29, 1.82) is 0 Å². The van der Waals surface area contributed by atoms with E-state index in [9.17, 15) is 9.59 Å². The van der Waals surface area contributed by atoms with E-state index in [0.29, 0.717) is 17.2 Å². The minimum atomic E-state index is -0.391. The molecule has 1 aromatic carbocycles. The fourth-order valence-electron chi connectivity index (χ4n) is 2.44. The van der Waals surface area contributed by atoms with Crippen LogP contribution in [0.3, 0.4) is 0 Å². The van der Waals surface area contributed by atoms with Crippen molar-refractivity contribution in [1.82, 2.24) is 0 Å². The van der Waals surface area contributed by atoms with Crippen molar-refractivity contribution in [2.45, 2.75) is 27.2 Å². The number of nitrogens with one attached hydrogen (secondary N) is 1. The Balaban J connectivity index is 2.11. The molecule has 6 heteroatoms. The second-order valence-corrected chi connectivity index (χ2v) is 7.66. The zero-order chi connectivity index (χ0) is 20.0. The number of benzene rings is 1. The van der Waals surface area contributed by atoms with Crippen LogP contribution in [0.1, 0.15) is 39.7 Å². The highest BCUT2D eigenvalue weighted by Crippen LogP contribution is 2.33. The van der Waals surface area contributed by atoms with Crippen molar-refractivity contribution in [2.75, 3.05) is 30.9 Å². The Morgan fingerprint density at radius 1 is 1.19 bits per heavy atom. The first-order valence-corrected chi connectivity index (χ1v) is 9.68. The third kappa shape index (κ3) is 5.44. The topological polar surface area (TPSA) is 58.6 Å². The van der Waals surface area contributed by atoms with E-state index in [-0.39, 0.29) is 5.91 Å². The zero-order valence-corrected chi connectivity index (χ0v) is 17.3. The molecule has 27 heavy (non-hydrogen) atoms. The molecule has 0 bridgehead atoms. The molecule has 0 fully saturated rings. The molecule has 1 heterocycles. The molecule has 5 nitrogen and oxygen atoms in total. The maximum absolute atomic E-state index is 12.3. The quantitative estimate of drug-likeness (QED) is 0.556. The van der Waals surface area contributed by atoms with Crippen LogP contribution in [0.2, 0.25) is 0 Å². The van der Waals surface area contributed by atoms with E-state index in [1.54, 1.807) is 6.08 Å². The summed E-state index contributed by atoms with van der Waals surface area (Å²) in [6, 6.07) is 7.88. The number of rotatable bonds is 7. The molecular formula is C21H26N2O3S. The first-order valence-electron chi connectivity index (χ1n) is 8.87. The Bertz CT molecular complexity index is 836. The molecule has 2 rings (SSSR count). The number of hydrogen-bond donors (Lipinski definition) is 1. The van der Waals surface area contributed by atoms with Gasteiger partial charge in [-0.05, 0) is 49.6 Å². The first-order chi connectivity index (χ1) is 12.8. The number of aryl methyl sites for hydroxylation is 1. The van der Waals surface area contributed by atoms with Crippen molar-refractivity contribution in [3.8, 4) is 0 Å². The Hall–Kier alpha value is -2.60. The highest BCUT2D eigenvalue weighted by Gasteiger charge is 2.21. The van der Waals surface area contributed by atoms with E-state index in [2.05, 4.69) is 5.32 Å². The molecule has 0 saturated carbocycles. The largest absolute Gasteiger partial charge is 0.462 e. The van der Waals surface area contributed by atoms with Crippen molar-refractivity contribution in [2.24, 2.45) is 0 Å². The summed E-state index contributed by atoms with van der Waals surface area (Å²) < 4.78 is 5.25. The molecule has 0 radical (unpaired) electrons. The van der Waals surface area contributed by atoms with Crippen LogP contribution >= 0.6 is 11.3 Å². The molecule has 0 saturated heterocycles. The number of anilines is 2. The van der Waals surface area contributed by atoms with Gasteiger partial charge in [0.05, 0.1) is 12.2 Å². The molecule has 0 unspecified atom stereocenters. The van der Waals surface area contributed by atoms with Gasteiger partial charge in [-0.15, -0.1) is 11.3 Å². The number of hydrogen-bond acceptors (Lipinski definition) is 5. The Morgan fingerprint density at radius 2 is 1.85 bits per heavy atom. The van der Waals surface area contributed by atoms with Crippen LogP contribution in [0.4, 0.5) is 10.7 Å². The van der Waals surface area contributed by atoms with Gasteiger partial charge in [-0.1, -0.05) is 19.1 Å². The average molecular weight is 387 g/mol. The first kappa shape index (κ1) is 20.7. The van der Waals surface area contributed by atoms with Gasteiger partial charge in [0, 0.05) is 30.7 Å². The van der Waals surface area contributed by atoms with Crippen molar-refractivity contribution in [3.63, 3.8) is 0 Å². The predicted molar refractivity (Wildman–Crippen MR) is 113 cm³/mol. The van der Waals surface area contributed by atoms with E-state index in [0.717, 1.165) is 28.1 Å². The van der Waals surface area contributed by atoms with Gasteiger partial charge in [0.25, 0.3) is 0 Å². The summed E-state index contributed by atoms with van der Waals surface area (Å²) in [5.41, 5.74) is 3.32. The van der Waals surface area contributed by atoms with Gasteiger partial charge in [-0.25, -0.2) is 4.79 Å². The summed E-state index contributed by atoms with van der Waals surface area (Å²) >= 11 is 1.39. The molecular weight excluding hydrogens is 360 g/mol. The summed E-state index contributed by atoms with van der Waals surface area (Å²) in [5.74, 6) is -0.672. The standard InChI is InChI=1S/C21H26N2O3S/c1-6-13-26-21(25)19-14(2)15(3)27-20(19)22-18(24)12-9-16-7-10-17(11-8-16)23(4)5/h7-12H,6,13H2,1-5H3,(H,22,24)/b12-9+. The van der Waals surface area contributed by atoms with Crippen molar-refractivity contribution >= 4 is 40.0 Å². The maximum Gasteiger partial charge on any atom is 0.341 e. The number of amides is 1. The molecule has 0 spiro atoms. The molecule has 2 aromatic rings. The lowest BCUT2D eigenvalue weighted by Gasteiger charge is -2.11. The highest BCUT2D eigenvalue weighted by molar-refractivity contribution is 7.16. The van der Waals surface area contributed by atoms with Crippen LogP contribution < -0.4 is 10.2 Å². The van der Waals surface area contributed by atoms with E-state index in [4.69, 9.17) is 4.74 Å². The number of nitrogens with zero attached hydrogens (tertiary/aromatic N) is 1. The minimum absolute atomic E-state index is 0.280. The molecule has 144 valence electrons. The van der Waals surface area contributed by atoms with E-state index < -0.39 is 5.97 Å². The molecule has 0 aliphatic carbocycles. The zero-order valence-electron chi connectivity index (χ0n) is 16.5. The Morgan fingerprint density at radius 3 is 2.44 bits per heavy atom. The van der Waals surface area contributed by atoms with E-state index >= 15 is 0 Å². The smallest absolute Gasteiger partial charge is 0.341 e. The number of thiophene rings is 1. The van der Waals surface area contributed by atoms with E-state index in [1.165, 1.54) is 17.4 Å². The second kappa shape index (κ2) is 9.37. The second-order valence-electron chi connectivity index (χ2n) is 6.43. The number of carbonyl (C=O) groups is 2. The molecule has 0 aliphatic heterocycles. The predicted octanol–water partition coefficient (Wildman–Crippen LogP) is 4.65. The fraction of sp³-hybridized carbons (Fsp3) is 0.333. The Labute approximate surface area is 164 Å². The number of carbonyl (C=O) groups excluding carboxylic acids is 2. The summed E-state index contributed by atoms with van der Waals surface area (Å²) in [7, 11) is 3.96. The fourth-order valence-corrected chi connectivity index (χ4v) is 3.49. The van der Waals surface area contributed by atoms with Gasteiger partial charge in [-0.2, -0.15) is 0 Å². The highest BCUT2D eigenvalue weighted by atomic mass is 32.1. The van der Waals surface area contributed by atoms with Gasteiger partial charge in [0.1, 0.15) is 5.00 Å². The lowest BCUT2D eigenvalue weighted by Crippen LogP contribution is -2.13.